The van der Waals surface area contributed by atoms with Crippen molar-refractivity contribution in [3.05, 3.63) is 82.3 Å². The highest BCUT2D eigenvalue weighted by molar-refractivity contribution is 7.11. The van der Waals surface area contributed by atoms with Gasteiger partial charge in [0.05, 0.1) is 69.6 Å². The molecule has 15 nitrogen and oxygen atoms in total. The number of rotatable bonds is 9. The maximum atomic E-state index is 16.9. The van der Waals surface area contributed by atoms with Gasteiger partial charge in [-0.25, -0.2) is 28.9 Å². The van der Waals surface area contributed by atoms with Crippen LogP contribution in [0.5, 0.6) is 5.75 Å². The van der Waals surface area contributed by atoms with Gasteiger partial charge in [-0.1, -0.05) is 26.8 Å². The van der Waals surface area contributed by atoms with Crippen LogP contribution < -0.4 is 10.1 Å². The van der Waals surface area contributed by atoms with Crippen LogP contribution in [-0.2, 0) is 14.3 Å². The summed E-state index contributed by atoms with van der Waals surface area (Å²) in [5, 5.41) is 4.67. The molecule has 0 bridgehead atoms. The van der Waals surface area contributed by atoms with Crippen molar-refractivity contribution in [2.24, 2.45) is 11.3 Å². The number of benzene rings is 2. The van der Waals surface area contributed by atoms with Crippen molar-refractivity contribution in [3.8, 4) is 39.5 Å². The Hall–Kier alpha value is -6.23. The Kier molecular flexibility index (Phi) is 9.91. The smallest absolute Gasteiger partial charge is 0.411 e. The van der Waals surface area contributed by atoms with Gasteiger partial charge < -0.3 is 34.4 Å². The summed E-state index contributed by atoms with van der Waals surface area (Å²) in [7, 11) is 1.27. The Balaban J connectivity index is 0.920. The Morgan fingerprint density at radius 1 is 0.955 bits per heavy atom. The van der Waals surface area contributed by atoms with Crippen LogP contribution in [0.15, 0.2) is 55.0 Å². The maximum Gasteiger partial charge on any atom is 0.411 e. The van der Waals surface area contributed by atoms with Gasteiger partial charge in [0.2, 0.25) is 12.1 Å². The first-order valence-electron chi connectivity index (χ1n) is 23.0. The standard InChI is InChI=1S/C49H54FN9O6S/c1-24(2)40(56-46(61)63-7)44(60)57-14-8-9-33(57)41-51-22-31(55-41)27-16-29(50)39-34-17-28-15-26(12-13-32(28)58(34)45(64-36(39)18-27)37-23-53-43(66-37)25-10-11-25)30-21-52-42(54-30)35-19-49(6)20-38(49)59(35)47(62)65-48(3,4)5/h12-13,15-18,21-25,33,35,38,40,45H,8-11,14,19-20H2,1-7H3,(H,51,55)(H,52,54)(H,56,61)/t33?,35?,38?,40-,45?,49?/m0/s1. The van der Waals surface area contributed by atoms with Gasteiger partial charge in [0.1, 0.15) is 34.9 Å². The van der Waals surface area contributed by atoms with Crippen molar-refractivity contribution in [1.29, 1.82) is 0 Å². The molecule has 4 fully saturated rings. The number of nitrogens with zero attached hydrogens (tertiary/aromatic N) is 6. The fourth-order valence-corrected chi connectivity index (χ4v) is 11.4. The summed E-state index contributed by atoms with van der Waals surface area (Å²) < 4.78 is 36.5. The molecule has 6 aromatic rings. The number of carbonyl (C=O) groups is 3. The zero-order valence-electron chi connectivity index (χ0n) is 38.1. The number of hydrogen-bond donors (Lipinski definition) is 3. The Labute approximate surface area is 385 Å². The number of fused-ring (bicyclic) bond motifs is 6. The largest absolute Gasteiger partial charge is 0.464 e. The van der Waals surface area contributed by atoms with Crippen LogP contribution in [0.4, 0.5) is 14.0 Å². The van der Waals surface area contributed by atoms with E-state index in [1.165, 1.54) is 13.2 Å². The molecule has 0 radical (unpaired) electrons. The van der Waals surface area contributed by atoms with Gasteiger partial charge in [-0.2, -0.15) is 0 Å². The first-order valence-corrected chi connectivity index (χ1v) is 23.8. The first-order chi connectivity index (χ1) is 31.6. The number of thiazole rings is 1. The number of halogens is 1. The van der Waals surface area contributed by atoms with E-state index in [2.05, 4.69) is 32.8 Å². The highest BCUT2D eigenvalue weighted by Crippen LogP contribution is 2.63. The average molecular weight is 916 g/mol. The normalized spacial score (nSPS) is 23.7. The summed E-state index contributed by atoms with van der Waals surface area (Å²) in [4.78, 5) is 65.2. The Morgan fingerprint density at radius 3 is 2.41 bits per heavy atom. The molecule has 7 heterocycles. The third-order valence-corrected chi connectivity index (χ3v) is 15.1. The molecule has 66 heavy (non-hydrogen) atoms. The van der Waals surface area contributed by atoms with E-state index in [0.29, 0.717) is 53.0 Å². The summed E-state index contributed by atoms with van der Waals surface area (Å²) >= 11 is 1.64. The number of imidazole rings is 2. The number of aromatic nitrogens is 6. The van der Waals surface area contributed by atoms with Gasteiger partial charge >= 0.3 is 12.2 Å². The quantitative estimate of drug-likeness (QED) is 0.128. The zero-order valence-corrected chi connectivity index (χ0v) is 38.9. The number of alkyl carbamates (subject to hydrolysis) is 1. The lowest BCUT2D eigenvalue weighted by Gasteiger charge is -2.30. The summed E-state index contributed by atoms with van der Waals surface area (Å²) in [5.74, 6) is 1.34. The van der Waals surface area contributed by atoms with Gasteiger partial charge in [-0.05, 0) is 101 Å². The maximum absolute atomic E-state index is 16.9. The van der Waals surface area contributed by atoms with Crippen LogP contribution >= 0.6 is 11.3 Å². The molecule has 2 aliphatic carbocycles. The van der Waals surface area contributed by atoms with Crippen LogP contribution in [0, 0.1) is 17.2 Å². The minimum Gasteiger partial charge on any atom is -0.464 e. The Morgan fingerprint density at radius 2 is 1.70 bits per heavy atom. The highest BCUT2D eigenvalue weighted by atomic mass is 32.1. The number of nitrogens with one attached hydrogen (secondary N) is 3. The van der Waals surface area contributed by atoms with Crippen molar-refractivity contribution in [1.82, 2.24) is 44.6 Å². The van der Waals surface area contributed by atoms with Gasteiger partial charge in [0.15, 0.2) is 0 Å². The molecular formula is C49H54FN9O6S. The number of ether oxygens (including phenoxy) is 3. The van der Waals surface area contributed by atoms with E-state index in [1.54, 1.807) is 22.4 Å². The summed E-state index contributed by atoms with van der Waals surface area (Å²) in [6, 6.07) is 10.3. The summed E-state index contributed by atoms with van der Waals surface area (Å²) in [5.41, 5.74) is 4.20. The lowest BCUT2D eigenvalue weighted by atomic mass is 10.0. The van der Waals surface area contributed by atoms with Crippen molar-refractivity contribution in [2.75, 3.05) is 13.7 Å². The first kappa shape index (κ1) is 42.4. The molecule has 3 amide bonds. The predicted octanol–water partition coefficient (Wildman–Crippen LogP) is 10.0. The van der Waals surface area contributed by atoms with E-state index in [-0.39, 0.29) is 41.5 Å². The number of H-pyrrole nitrogens is 2. The zero-order chi connectivity index (χ0) is 46.0. The fourth-order valence-electron chi connectivity index (χ4n) is 10.3. The fraction of sp³-hybridized carbons (Fsp3) is 0.469. The Bertz CT molecular complexity index is 2930. The molecule has 2 saturated carbocycles. The van der Waals surface area contributed by atoms with E-state index in [1.807, 2.05) is 76.2 Å². The lowest BCUT2D eigenvalue weighted by molar-refractivity contribution is -0.135. The molecule has 2 saturated heterocycles. The molecule has 5 unspecified atom stereocenters. The second kappa shape index (κ2) is 15.4. The summed E-state index contributed by atoms with van der Waals surface area (Å²) in [6.07, 6.45) is 9.24. The van der Waals surface area contributed by atoms with Gasteiger partial charge in [-0.3, -0.25) is 14.3 Å². The van der Waals surface area contributed by atoms with E-state index in [9.17, 15) is 14.4 Å². The molecule has 3 aliphatic heterocycles. The predicted molar refractivity (Wildman–Crippen MR) is 245 cm³/mol. The van der Waals surface area contributed by atoms with E-state index in [4.69, 9.17) is 29.2 Å². The SMILES string of the molecule is COC(=O)N[C@H](C(=O)N1CCCC1c1ncc(-c2cc(F)c3c(c2)OC(c2cnc(C4CC4)s2)n2c-3cc3cc(-c4cnc(C5CC6(C)CC6N5C(=O)OC(C)(C)C)[nH]4)ccc32)[nH]1)C(C)C. The van der Waals surface area contributed by atoms with E-state index in [0.717, 1.165) is 70.0 Å². The topological polar surface area (TPSA) is 173 Å². The number of aromatic amines is 2. The van der Waals surface area contributed by atoms with Crippen LogP contribution in [0.2, 0.25) is 0 Å². The minimum atomic E-state index is -0.763. The number of amides is 3. The molecule has 4 aromatic heterocycles. The molecule has 2 aromatic carbocycles. The van der Waals surface area contributed by atoms with E-state index >= 15 is 4.39 Å². The van der Waals surface area contributed by atoms with Crippen LogP contribution in [0.25, 0.3) is 44.7 Å². The number of hydrogen-bond acceptors (Lipinski definition) is 10. The third kappa shape index (κ3) is 7.29. The van der Waals surface area contributed by atoms with Crippen molar-refractivity contribution >= 4 is 40.3 Å². The minimum absolute atomic E-state index is 0.0475. The van der Waals surface area contributed by atoms with Crippen molar-refractivity contribution < 1.29 is 33.0 Å². The van der Waals surface area contributed by atoms with Gasteiger partial charge in [0.25, 0.3) is 0 Å². The van der Waals surface area contributed by atoms with Crippen LogP contribution in [0.3, 0.4) is 0 Å². The number of likely N-dealkylation sites (tertiary alicyclic amines) is 2. The average Bonchev–Trinajstić information content (AvgIpc) is 3.76. The second-order valence-electron chi connectivity index (χ2n) is 20.2. The molecule has 0 spiro atoms. The number of carbonyl (C=O) groups excluding carboxylic acids is 3. The summed E-state index contributed by atoms with van der Waals surface area (Å²) in [6.45, 7) is 12.1. The second-order valence-corrected chi connectivity index (χ2v) is 21.3. The van der Waals surface area contributed by atoms with Crippen LogP contribution in [-0.4, -0.2) is 88.7 Å². The van der Waals surface area contributed by atoms with Crippen molar-refractivity contribution in [3.63, 3.8) is 0 Å². The molecular weight excluding hydrogens is 862 g/mol. The molecule has 344 valence electrons. The number of methoxy groups -OCH3 is 1. The van der Waals surface area contributed by atoms with Gasteiger partial charge in [-0.15, -0.1) is 11.3 Å². The third-order valence-electron chi connectivity index (χ3n) is 13.9. The highest BCUT2D eigenvalue weighted by Gasteiger charge is 2.64. The monoisotopic (exact) mass is 915 g/mol. The molecule has 3 N–H and O–H groups in total. The molecule has 5 aliphatic rings. The number of piperidine rings is 1. The van der Waals surface area contributed by atoms with E-state index < -0.39 is 29.8 Å². The lowest BCUT2D eigenvalue weighted by Crippen LogP contribution is -2.51. The molecule has 6 atom stereocenters. The van der Waals surface area contributed by atoms with Crippen LogP contribution in [0.1, 0.15) is 126 Å². The van der Waals surface area contributed by atoms with Crippen molar-refractivity contribution in [2.45, 2.75) is 122 Å². The van der Waals surface area contributed by atoms with Gasteiger partial charge in [0, 0.05) is 41.2 Å². The molecule has 17 heteroatoms. The molecule has 11 rings (SSSR count).